The first kappa shape index (κ1) is 13.7. The van der Waals surface area contributed by atoms with E-state index in [1.165, 1.54) is 0 Å². The predicted octanol–water partition coefficient (Wildman–Crippen LogP) is 3.16. The van der Waals surface area contributed by atoms with Gasteiger partial charge in [-0.05, 0) is 6.07 Å². The Morgan fingerprint density at radius 3 is 2.36 bits per heavy atom. The number of halogens is 5. The molecule has 0 radical (unpaired) electrons. The van der Waals surface area contributed by atoms with Gasteiger partial charge in [-0.2, -0.15) is 13.2 Å². The molecule has 0 amide bonds. The number of alkyl halides is 4. The molecule has 1 aromatic rings. The number of pyridine rings is 1. The summed E-state index contributed by atoms with van der Waals surface area (Å²) in [7, 11) is 0. The summed E-state index contributed by atoms with van der Waals surface area (Å²) < 4.78 is 36.3. The third kappa shape index (κ3) is 3.13. The lowest BCUT2D eigenvalue weighted by Crippen LogP contribution is -2.07. The van der Waals surface area contributed by atoms with Crippen molar-refractivity contribution in [2.24, 2.45) is 0 Å². The molecule has 0 fully saturated rings. The maximum atomic E-state index is 12.1. The topological polar surface area (TPSA) is 38.9 Å². The van der Waals surface area contributed by atoms with Gasteiger partial charge >= 0.3 is 6.18 Å². The quantitative estimate of drug-likeness (QED) is 0.801. The third-order valence-electron chi connectivity index (χ3n) is 1.46. The maximum absolute atomic E-state index is 12.1. The fourth-order valence-corrected chi connectivity index (χ4v) is 1.25. The van der Waals surface area contributed by atoms with Crippen LogP contribution >= 0.6 is 32.9 Å². The van der Waals surface area contributed by atoms with Gasteiger partial charge in [0.05, 0.1) is 16.9 Å². The van der Waals surface area contributed by atoms with Crippen molar-refractivity contribution in [1.82, 2.24) is 4.98 Å². The van der Waals surface area contributed by atoms with Gasteiger partial charge in [0, 0.05) is 11.5 Å². The number of hydrogen-bond donors (Lipinski definition) is 1. The molecule has 1 aromatic heterocycles. The Kier molecular flexibility index (Phi) is 4.87. The predicted molar refractivity (Wildman–Crippen MR) is 56.6 cm³/mol. The van der Waals surface area contributed by atoms with Crippen LogP contribution in [0.25, 0.3) is 0 Å². The minimum atomic E-state index is -4.38. The highest BCUT2D eigenvalue weighted by atomic mass is 79.9. The highest BCUT2D eigenvalue weighted by molar-refractivity contribution is 9.08. The van der Waals surface area contributed by atoms with Crippen LogP contribution in [0.2, 0.25) is 0 Å². The zero-order valence-electron chi connectivity index (χ0n) is 6.81. The van der Waals surface area contributed by atoms with Crippen LogP contribution in [0.5, 0.6) is 0 Å². The van der Waals surface area contributed by atoms with E-state index in [9.17, 15) is 13.2 Å². The van der Waals surface area contributed by atoms with Crippen LogP contribution in [0.4, 0.5) is 18.9 Å². The van der Waals surface area contributed by atoms with Crippen LogP contribution in [0, 0.1) is 0 Å². The Hall–Kier alpha value is -0.300. The van der Waals surface area contributed by atoms with E-state index in [0.29, 0.717) is 11.0 Å². The van der Waals surface area contributed by atoms with Gasteiger partial charge in [0.1, 0.15) is 0 Å². The first-order valence-electron chi connectivity index (χ1n) is 3.32. The molecule has 0 bridgehead atoms. The molecule has 0 saturated heterocycles. The average molecular weight is 336 g/mol. The van der Waals surface area contributed by atoms with Gasteiger partial charge in [0.25, 0.3) is 0 Å². The second kappa shape index (κ2) is 4.97. The molecule has 1 rings (SSSR count). The summed E-state index contributed by atoms with van der Waals surface area (Å²) in [6.07, 6.45) is -3.61. The fraction of sp³-hybridized carbons (Fsp3) is 0.286. The van der Waals surface area contributed by atoms with Crippen LogP contribution in [0.3, 0.4) is 0 Å². The summed E-state index contributed by atoms with van der Waals surface area (Å²) >= 11 is 3.06. The number of aromatic nitrogens is 1. The molecule has 0 aromatic carbocycles. The van der Waals surface area contributed by atoms with Crippen LogP contribution < -0.4 is 5.73 Å². The lowest BCUT2D eigenvalue weighted by Gasteiger charge is -2.08. The first-order valence-corrected chi connectivity index (χ1v) is 4.45. The van der Waals surface area contributed by atoms with Crippen molar-refractivity contribution in [2.45, 2.75) is 11.5 Å². The van der Waals surface area contributed by atoms with Crippen molar-refractivity contribution in [3.8, 4) is 0 Å². The summed E-state index contributed by atoms with van der Waals surface area (Å²) in [5.74, 6) is 0. The van der Waals surface area contributed by atoms with Crippen LogP contribution in [-0.4, -0.2) is 4.98 Å². The normalized spacial score (nSPS) is 10.9. The van der Waals surface area contributed by atoms with Crippen molar-refractivity contribution in [1.29, 1.82) is 0 Å². The largest absolute Gasteiger partial charge is 0.417 e. The monoisotopic (exact) mass is 334 g/mol. The van der Waals surface area contributed by atoms with Crippen molar-refractivity contribution in [3.63, 3.8) is 0 Å². The Morgan fingerprint density at radius 2 is 2.00 bits per heavy atom. The first-order chi connectivity index (χ1) is 5.95. The van der Waals surface area contributed by atoms with Gasteiger partial charge in [-0.25, -0.2) is 0 Å². The number of nitrogen functional groups attached to an aromatic ring is 1. The van der Waals surface area contributed by atoms with Crippen LogP contribution in [0.15, 0.2) is 12.3 Å². The van der Waals surface area contributed by atoms with Crippen LogP contribution in [-0.2, 0) is 11.5 Å². The molecule has 0 aliphatic rings. The minimum absolute atomic E-state index is 0. The minimum Gasteiger partial charge on any atom is -0.397 e. The standard InChI is InChI=1S/C7H6BrF3N2.BrH/c8-2-6-5(12)1-4(3-13-6)7(9,10)11;/h1,3H,2,12H2;1H. The molecule has 7 heteroatoms. The van der Waals surface area contributed by atoms with E-state index in [2.05, 4.69) is 20.9 Å². The van der Waals surface area contributed by atoms with Gasteiger partial charge in [-0.1, -0.05) is 15.9 Å². The van der Waals surface area contributed by atoms with E-state index in [0.717, 1.165) is 12.3 Å². The summed E-state index contributed by atoms with van der Waals surface area (Å²) in [5.41, 5.74) is 4.97. The SMILES string of the molecule is Br.Nc1cc(C(F)(F)F)cnc1CBr. The van der Waals surface area contributed by atoms with Gasteiger partial charge in [0.15, 0.2) is 0 Å². The van der Waals surface area contributed by atoms with Crippen molar-refractivity contribution in [3.05, 3.63) is 23.5 Å². The highest BCUT2D eigenvalue weighted by Gasteiger charge is 2.31. The Bertz CT molecular complexity index is 314. The van der Waals surface area contributed by atoms with Crippen LogP contribution in [0.1, 0.15) is 11.3 Å². The molecular weight excluding hydrogens is 329 g/mol. The molecule has 2 nitrogen and oxygen atoms in total. The van der Waals surface area contributed by atoms with Crippen molar-refractivity contribution < 1.29 is 13.2 Å². The molecule has 14 heavy (non-hydrogen) atoms. The molecule has 1 heterocycles. The van der Waals surface area contributed by atoms with E-state index in [4.69, 9.17) is 5.73 Å². The van der Waals surface area contributed by atoms with E-state index < -0.39 is 11.7 Å². The number of rotatable bonds is 1. The van der Waals surface area contributed by atoms with Crippen molar-refractivity contribution in [2.75, 3.05) is 5.73 Å². The Balaban J connectivity index is 0.00000169. The van der Waals surface area contributed by atoms with E-state index in [-0.39, 0.29) is 22.7 Å². The highest BCUT2D eigenvalue weighted by Crippen LogP contribution is 2.30. The Morgan fingerprint density at radius 1 is 1.43 bits per heavy atom. The molecule has 0 aliphatic carbocycles. The summed E-state index contributed by atoms with van der Waals surface area (Å²) in [6.45, 7) is 0. The zero-order chi connectivity index (χ0) is 10.1. The molecule has 0 saturated carbocycles. The van der Waals surface area contributed by atoms with E-state index in [1.54, 1.807) is 0 Å². The molecule has 0 atom stereocenters. The molecular formula is C7H7Br2F3N2. The molecule has 80 valence electrons. The third-order valence-corrected chi connectivity index (χ3v) is 1.99. The summed E-state index contributed by atoms with van der Waals surface area (Å²) in [4.78, 5) is 3.57. The fourth-order valence-electron chi connectivity index (χ4n) is 0.777. The second-order valence-corrected chi connectivity index (χ2v) is 2.95. The second-order valence-electron chi connectivity index (χ2n) is 2.39. The molecule has 2 N–H and O–H groups in total. The summed E-state index contributed by atoms with van der Waals surface area (Å²) in [5, 5.41) is 0.344. The molecule has 0 aliphatic heterocycles. The van der Waals surface area contributed by atoms with E-state index >= 15 is 0 Å². The smallest absolute Gasteiger partial charge is 0.397 e. The average Bonchev–Trinajstić information content (AvgIpc) is 2.02. The lowest BCUT2D eigenvalue weighted by atomic mass is 10.2. The maximum Gasteiger partial charge on any atom is 0.417 e. The Labute approximate surface area is 97.6 Å². The summed E-state index contributed by atoms with van der Waals surface area (Å²) in [6, 6.07) is 0.879. The number of nitrogens with zero attached hydrogens (tertiary/aromatic N) is 1. The van der Waals surface area contributed by atoms with Crippen molar-refractivity contribution >= 4 is 38.6 Å². The van der Waals surface area contributed by atoms with Gasteiger partial charge in [-0.15, -0.1) is 17.0 Å². The lowest BCUT2D eigenvalue weighted by molar-refractivity contribution is -0.137. The van der Waals surface area contributed by atoms with Gasteiger partial charge < -0.3 is 5.73 Å². The van der Waals surface area contributed by atoms with E-state index in [1.807, 2.05) is 0 Å². The number of hydrogen-bond acceptors (Lipinski definition) is 2. The van der Waals surface area contributed by atoms with Gasteiger partial charge in [-0.3, -0.25) is 4.98 Å². The number of anilines is 1. The molecule has 0 unspecified atom stereocenters. The zero-order valence-corrected chi connectivity index (χ0v) is 10.1. The number of nitrogens with two attached hydrogens (primary N) is 1. The molecule has 0 spiro atoms. The van der Waals surface area contributed by atoms with Gasteiger partial charge in [0.2, 0.25) is 0 Å².